The van der Waals surface area contributed by atoms with Gasteiger partial charge in [0.25, 0.3) is 0 Å². The van der Waals surface area contributed by atoms with Crippen molar-refractivity contribution in [3.05, 3.63) is 0 Å². The highest BCUT2D eigenvalue weighted by molar-refractivity contribution is 7.61. The SMILES string of the molecule is CP(NCP(C1CCCCC1)C1CCCCC1)C(C)(C)C. The fourth-order valence-corrected chi connectivity index (χ4v) is 8.95. The van der Waals surface area contributed by atoms with Gasteiger partial charge in [-0.25, -0.2) is 0 Å². The first-order valence-corrected chi connectivity index (χ1v) is 12.7. The molecule has 1 atom stereocenters. The minimum absolute atomic E-state index is 0.0300. The Hall–Kier alpha value is 0.820. The lowest BCUT2D eigenvalue weighted by Crippen LogP contribution is -2.28. The Morgan fingerprint density at radius 3 is 1.62 bits per heavy atom. The summed E-state index contributed by atoms with van der Waals surface area (Å²) in [6.45, 7) is 9.64. The van der Waals surface area contributed by atoms with E-state index in [0.29, 0.717) is 5.16 Å². The zero-order valence-corrected chi connectivity index (χ0v) is 16.6. The van der Waals surface area contributed by atoms with E-state index in [-0.39, 0.29) is 16.0 Å². The van der Waals surface area contributed by atoms with Gasteiger partial charge in [0.2, 0.25) is 0 Å². The lowest BCUT2D eigenvalue weighted by molar-refractivity contribution is 0.484. The minimum Gasteiger partial charge on any atom is -0.291 e. The van der Waals surface area contributed by atoms with Gasteiger partial charge in [-0.3, -0.25) is 5.09 Å². The molecule has 124 valence electrons. The van der Waals surface area contributed by atoms with Gasteiger partial charge < -0.3 is 0 Å². The van der Waals surface area contributed by atoms with Crippen LogP contribution in [0.2, 0.25) is 0 Å². The van der Waals surface area contributed by atoms with Crippen molar-refractivity contribution in [1.29, 1.82) is 0 Å². The van der Waals surface area contributed by atoms with Gasteiger partial charge in [0, 0.05) is 6.29 Å². The summed E-state index contributed by atoms with van der Waals surface area (Å²) in [7, 11) is 0.198. The number of rotatable bonds is 5. The van der Waals surface area contributed by atoms with Crippen molar-refractivity contribution < 1.29 is 0 Å². The third-order valence-corrected chi connectivity index (χ3v) is 11.9. The number of hydrogen-bond acceptors (Lipinski definition) is 1. The van der Waals surface area contributed by atoms with Gasteiger partial charge in [-0.2, -0.15) is 0 Å². The maximum Gasteiger partial charge on any atom is 0.0197 e. The Bertz CT molecular complexity index is 270. The van der Waals surface area contributed by atoms with Crippen molar-refractivity contribution in [2.24, 2.45) is 0 Å². The molecule has 0 aromatic rings. The summed E-state index contributed by atoms with van der Waals surface area (Å²) in [6.07, 6.45) is 16.6. The molecule has 2 aliphatic rings. The van der Waals surface area contributed by atoms with Crippen LogP contribution in [-0.4, -0.2) is 29.4 Å². The Morgan fingerprint density at radius 2 is 1.24 bits per heavy atom. The van der Waals surface area contributed by atoms with Crippen molar-refractivity contribution in [3.63, 3.8) is 0 Å². The predicted octanol–water partition coefficient (Wildman–Crippen LogP) is 6.51. The van der Waals surface area contributed by atoms with Crippen molar-refractivity contribution in [3.8, 4) is 0 Å². The molecule has 0 bridgehead atoms. The standard InChI is InChI=1S/C18H37NP2/c1-18(2,3)20(4)19-15-21(16-11-7-5-8-12-16)17-13-9-6-10-14-17/h16-17,19H,5-15H2,1-4H3. The van der Waals surface area contributed by atoms with Crippen LogP contribution in [0.5, 0.6) is 0 Å². The predicted molar refractivity (Wildman–Crippen MR) is 101 cm³/mol. The summed E-state index contributed by atoms with van der Waals surface area (Å²) in [6, 6.07) is 0. The minimum atomic E-state index is -0.0300. The van der Waals surface area contributed by atoms with Crippen LogP contribution < -0.4 is 5.09 Å². The fourth-order valence-electron chi connectivity index (χ4n) is 3.81. The van der Waals surface area contributed by atoms with Gasteiger partial charge in [0.15, 0.2) is 0 Å². The monoisotopic (exact) mass is 329 g/mol. The zero-order valence-electron chi connectivity index (χ0n) is 14.8. The topological polar surface area (TPSA) is 12.0 Å². The second kappa shape index (κ2) is 8.61. The Kier molecular flexibility index (Phi) is 7.45. The van der Waals surface area contributed by atoms with E-state index in [1.165, 1.54) is 44.8 Å². The third-order valence-electron chi connectivity index (χ3n) is 5.58. The van der Waals surface area contributed by atoms with Crippen LogP contribution in [0.1, 0.15) is 85.0 Å². The van der Waals surface area contributed by atoms with Crippen LogP contribution in [0, 0.1) is 0 Å². The van der Waals surface area contributed by atoms with Gasteiger partial charge in [-0.1, -0.05) is 67.2 Å². The molecule has 0 aliphatic heterocycles. The molecule has 0 aromatic heterocycles. The van der Waals surface area contributed by atoms with Gasteiger partial charge in [-0.05, 0) is 56.9 Å². The molecule has 1 N–H and O–H groups in total. The summed E-state index contributed by atoms with van der Waals surface area (Å²) in [5.41, 5.74) is 2.18. The van der Waals surface area contributed by atoms with Crippen LogP contribution in [0.4, 0.5) is 0 Å². The summed E-state index contributed by atoms with van der Waals surface area (Å²) in [5, 5.41) is 4.46. The van der Waals surface area contributed by atoms with Crippen molar-refractivity contribution in [1.82, 2.24) is 5.09 Å². The first-order valence-electron chi connectivity index (χ1n) is 9.21. The summed E-state index contributed by atoms with van der Waals surface area (Å²) in [5.74, 6) is 0. The van der Waals surface area contributed by atoms with E-state index >= 15 is 0 Å². The van der Waals surface area contributed by atoms with E-state index in [9.17, 15) is 0 Å². The fraction of sp³-hybridized carbons (Fsp3) is 1.00. The highest BCUT2D eigenvalue weighted by Crippen LogP contribution is 2.56. The lowest BCUT2D eigenvalue weighted by Gasteiger charge is -2.40. The van der Waals surface area contributed by atoms with E-state index in [0.717, 1.165) is 11.3 Å². The van der Waals surface area contributed by atoms with Gasteiger partial charge in [0.05, 0.1) is 0 Å². The highest BCUT2D eigenvalue weighted by Gasteiger charge is 2.31. The molecule has 0 aromatic carbocycles. The van der Waals surface area contributed by atoms with Crippen LogP contribution in [0.3, 0.4) is 0 Å². The normalized spacial score (nSPS) is 24.4. The summed E-state index contributed by atoms with van der Waals surface area (Å²) < 4.78 is 0. The van der Waals surface area contributed by atoms with Crippen molar-refractivity contribution >= 4 is 16.0 Å². The molecule has 21 heavy (non-hydrogen) atoms. The van der Waals surface area contributed by atoms with E-state index in [2.05, 4.69) is 32.5 Å². The van der Waals surface area contributed by atoms with Crippen molar-refractivity contribution in [2.45, 2.75) is 101 Å². The molecular weight excluding hydrogens is 292 g/mol. The molecule has 1 unspecified atom stereocenters. The zero-order chi connectivity index (χ0) is 15.3. The van der Waals surface area contributed by atoms with Crippen LogP contribution in [0.15, 0.2) is 0 Å². The quantitative estimate of drug-likeness (QED) is 0.567. The molecule has 0 spiro atoms. The summed E-state index contributed by atoms with van der Waals surface area (Å²) in [4.78, 5) is 0. The Labute approximate surface area is 136 Å². The Morgan fingerprint density at radius 1 is 0.810 bits per heavy atom. The van der Waals surface area contributed by atoms with E-state index in [1.807, 2.05) is 0 Å². The van der Waals surface area contributed by atoms with Crippen LogP contribution in [0.25, 0.3) is 0 Å². The molecule has 1 nitrogen and oxygen atoms in total. The van der Waals surface area contributed by atoms with Gasteiger partial charge in [0.1, 0.15) is 0 Å². The maximum absolute atomic E-state index is 4.01. The average Bonchev–Trinajstić information content (AvgIpc) is 2.48. The first kappa shape index (κ1) is 18.2. The molecule has 0 amide bonds. The highest BCUT2D eigenvalue weighted by atomic mass is 31.1. The molecule has 3 heteroatoms. The maximum atomic E-state index is 4.01. The Balaban J connectivity index is 1.93. The van der Waals surface area contributed by atoms with Crippen LogP contribution >= 0.6 is 16.0 Å². The molecule has 0 saturated heterocycles. The summed E-state index contributed by atoms with van der Waals surface area (Å²) >= 11 is 0. The van der Waals surface area contributed by atoms with E-state index in [4.69, 9.17) is 0 Å². The van der Waals surface area contributed by atoms with Crippen molar-refractivity contribution in [2.75, 3.05) is 13.0 Å². The number of nitrogens with one attached hydrogen (secondary N) is 1. The molecule has 2 aliphatic carbocycles. The lowest BCUT2D eigenvalue weighted by atomic mass is 9.99. The smallest absolute Gasteiger partial charge is 0.0197 e. The molecule has 2 fully saturated rings. The van der Waals surface area contributed by atoms with Gasteiger partial charge in [-0.15, -0.1) is 0 Å². The molecule has 0 radical (unpaired) electrons. The van der Waals surface area contributed by atoms with E-state index in [1.54, 1.807) is 25.7 Å². The van der Waals surface area contributed by atoms with Gasteiger partial charge >= 0.3 is 0 Å². The average molecular weight is 329 g/mol. The third kappa shape index (κ3) is 5.75. The number of hydrogen-bond donors (Lipinski definition) is 1. The second-order valence-electron chi connectivity index (χ2n) is 8.14. The van der Waals surface area contributed by atoms with E-state index < -0.39 is 0 Å². The molecule has 2 rings (SSSR count). The second-order valence-corrected chi connectivity index (χ2v) is 13.7. The largest absolute Gasteiger partial charge is 0.291 e. The molecule has 2 saturated carbocycles. The molecular formula is C18H37NP2. The van der Waals surface area contributed by atoms with Crippen LogP contribution in [-0.2, 0) is 0 Å². The first-order chi connectivity index (χ1) is 9.98. The molecule has 0 heterocycles.